The Bertz CT molecular complexity index is 1470. The summed E-state index contributed by atoms with van der Waals surface area (Å²) >= 11 is 1.11. The molecule has 1 aliphatic heterocycles. The Morgan fingerprint density at radius 2 is 0.980 bits per heavy atom. The van der Waals surface area contributed by atoms with Crippen LogP contribution in [0.4, 0.5) is 39.5 Å². The average Bonchev–Trinajstić information content (AvgIpc) is 3.26. The van der Waals surface area contributed by atoms with E-state index in [1.807, 2.05) is 0 Å². The number of aryl methyl sites for hydroxylation is 2. The molecule has 0 radical (unpaired) electrons. The predicted molar refractivity (Wildman–Crippen MR) is 161 cm³/mol. The summed E-state index contributed by atoms with van der Waals surface area (Å²) in [5.74, 6) is 0.775. The van der Waals surface area contributed by atoms with Crippen LogP contribution in [0.1, 0.15) is 101 Å². The van der Waals surface area contributed by atoms with E-state index in [2.05, 4.69) is 99.3 Å². The van der Waals surface area contributed by atoms with Gasteiger partial charge in [0.1, 0.15) is 0 Å². The summed E-state index contributed by atoms with van der Waals surface area (Å²) in [6.07, 6.45) is -11.9. The first-order valence-electron chi connectivity index (χ1n) is 15.5. The quantitative estimate of drug-likeness (QED) is 0.314. The molecular formula is C34H42CoF9N2O3+. The van der Waals surface area contributed by atoms with Crippen LogP contribution in [0.2, 0.25) is 0 Å². The van der Waals surface area contributed by atoms with Crippen molar-refractivity contribution in [2.24, 2.45) is 0 Å². The summed E-state index contributed by atoms with van der Waals surface area (Å²) < 4.78 is 107. The van der Waals surface area contributed by atoms with Crippen molar-refractivity contribution in [3.8, 4) is 11.5 Å². The fourth-order valence-electron chi connectivity index (χ4n) is 5.76. The number of phenolic OH excluding ortho intramolecular Hbond substituents is 2. The van der Waals surface area contributed by atoms with Crippen LogP contribution in [0, 0.1) is 13.8 Å². The number of hydrogen-bond donors (Lipinski definition) is 2. The second kappa shape index (κ2) is 13.7. The van der Waals surface area contributed by atoms with Gasteiger partial charge in [0, 0.05) is 0 Å². The van der Waals surface area contributed by atoms with E-state index in [0.717, 1.165) is 61.3 Å². The van der Waals surface area contributed by atoms with Crippen LogP contribution in [-0.4, -0.2) is 66.1 Å². The van der Waals surface area contributed by atoms with Gasteiger partial charge in [-0.1, -0.05) is 0 Å². The van der Waals surface area contributed by atoms with Crippen molar-refractivity contribution in [2.75, 3.05) is 0 Å². The zero-order valence-corrected chi connectivity index (χ0v) is 29.4. The van der Waals surface area contributed by atoms with Crippen LogP contribution >= 0.6 is 0 Å². The Hall–Kier alpha value is -2.78. The minimum atomic E-state index is -7.08. The molecule has 277 valence electrons. The number of rotatable bonds is 3. The number of aromatic hydroxyl groups is 2. The fourth-order valence-corrected chi connectivity index (χ4v) is 7.38. The Labute approximate surface area is 286 Å². The van der Waals surface area contributed by atoms with Gasteiger partial charge in [-0.3, -0.25) is 0 Å². The summed E-state index contributed by atoms with van der Waals surface area (Å²) in [5.41, 5.74) is -1.24. The van der Waals surface area contributed by atoms with Crippen LogP contribution < -0.4 is 5.11 Å². The molecule has 0 amide bonds. The van der Waals surface area contributed by atoms with Gasteiger partial charge in [-0.2, -0.15) is 26.3 Å². The minimum Gasteiger partial charge on any atom is -0.795 e. The summed E-state index contributed by atoms with van der Waals surface area (Å²) in [6, 6.07) is 9.17. The molecule has 1 heterocycles. The summed E-state index contributed by atoms with van der Waals surface area (Å²) in [6.45, 7) is 17.1. The van der Waals surface area contributed by atoms with E-state index in [1.165, 1.54) is 12.8 Å². The molecule has 2 aromatic rings. The van der Waals surface area contributed by atoms with E-state index in [0.29, 0.717) is 23.6 Å². The summed E-state index contributed by atoms with van der Waals surface area (Å²) in [4.78, 5) is 0. The van der Waals surface area contributed by atoms with Crippen molar-refractivity contribution in [1.82, 2.24) is 0 Å². The monoisotopic (exact) mass is 756 g/mol. The molecule has 2 aromatic carbocycles. The number of halogens is 9. The average molecular weight is 757 g/mol. The molecule has 0 bridgehead atoms. The van der Waals surface area contributed by atoms with Gasteiger partial charge in [-0.05, 0) is 0 Å². The minimum absolute atomic E-state index is 0.123. The number of fused-ring (bicyclic) bond motifs is 1. The zero-order chi connectivity index (χ0) is 37.7. The van der Waals surface area contributed by atoms with Crippen molar-refractivity contribution >= 4 is 12.4 Å². The molecule has 0 spiro atoms. The van der Waals surface area contributed by atoms with E-state index in [4.69, 9.17) is 0 Å². The SMILES string of the molecule is Cc1cc(C=[N+]2[Co][N+](=Cc3cc(C)cc(C(C)(C)C)c3O)[C@@H]3CCCC[C@H]32)c(O)c(C(C)(C)C)c1.[O-]C(F)(F)C(F)(C(F)(F)F)C(F)(F)F. The smallest absolute Gasteiger partial charge is 0.436 e. The Balaban J connectivity index is 0.000000393. The van der Waals surface area contributed by atoms with E-state index >= 15 is 0 Å². The Morgan fingerprint density at radius 1 is 0.653 bits per heavy atom. The van der Waals surface area contributed by atoms with Gasteiger partial charge in [-0.25, -0.2) is 13.2 Å². The molecule has 1 saturated heterocycles. The van der Waals surface area contributed by atoms with Gasteiger partial charge in [0.15, 0.2) is 0 Å². The summed E-state index contributed by atoms with van der Waals surface area (Å²) in [7, 11) is 0. The van der Waals surface area contributed by atoms with E-state index < -0.39 is 24.1 Å². The molecule has 49 heavy (non-hydrogen) atoms. The number of hydrogen-bond acceptors (Lipinski definition) is 3. The molecule has 2 aliphatic rings. The molecule has 0 aromatic heterocycles. The summed E-state index contributed by atoms with van der Waals surface area (Å²) in [5, 5.41) is 31.6. The first kappa shape index (κ1) is 40.6. The van der Waals surface area contributed by atoms with Gasteiger partial charge >= 0.3 is 236 Å². The Kier molecular flexibility index (Phi) is 11.4. The third-order valence-electron chi connectivity index (χ3n) is 8.33. The number of alkyl halides is 9. The molecule has 15 heteroatoms. The van der Waals surface area contributed by atoms with Gasteiger partial charge < -0.3 is 5.11 Å². The van der Waals surface area contributed by atoms with Crippen molar-refractivity contribution in [1.29, 1.82) is 0 Å². The van der Waals surface area contributed by atoms with Gasteiger partial charge in [0.05, 0.1) is 0 Å². The maximum atomic E-state index is 12.0. The first-order valence-corrected chi connectivity index (χ1v) is 16.4. The largest absolute Gasteiger partial charge is 0.795 e. The van der Waals surface area contributed by atoms with Crippen molar-refractivity contribution < 1.29 is 77.2 Å². The topological polar surface area (TPSA) is 69.5 Å². The van der Waals surface area contributed by atoms with Crippen LogP contribution in [0.3, 0.4) is 0 Å². The number of benzene rings is 2. The molecule has 2 fully saturated rings. The first-order chi connectivity index (χ1) is 22.0. The normalized spacial score (nSPS) is 21.3. The van der Waals surface area contributed by atoms with E-state index in [-0.39, 0.29) is 10.8 Å². The van der Waals surface area contributed by atoms with Crippen molar-refractivity contribution in [3.63, 3.8) is 0 Å². The molecule has 1 saturated carbocycles. The molecule has 2 atom stereocenters. The second-order valence-electron chi connectivity index (χ2n) is 14.6. The van der Waals surface area contributed by atoms with Crippen molar-refractivity contribution in [3.05, 3.63) is 57.6 Å². The third-order valence-corrected chi connectivity index (χ3v) is 9.77. The number of nitrogens with zero attached hydrogens (tertiary/aromatic N) is 2. The third kappa shape index (κ3) is 8.58. The molecule has 5 nitrogen and oxygen atoms in total. The maximum absolute atomic E-state index is 12.0. The van der Waals surface area contributed by atoms with Crippen molar-refractivity contribution in [2.45, 2.75) is 128 Å². The molecule has 4 rings (SSSR count). The fraction of sp³-hybridized carbons (Fsp3) is 0.588. The van der Waals surface area contributed by atoms with Gasteiger partial charge in [0.25, 0.3) is 0 Å². The van der Waals surface area contributed by atoms with Crippen LogP contribution in [0.15, 0.2) is 24.3 Å². The molecule has 1 aliphatic carbocycles. The molecule has 2 N–H and O–H groups in total. The second-order valence-corrected chi connectivity index (χ2v) is 15.8. The maximum Gasteiger partial charge on any atom is 0.436 e. The van der Waals surface area contributed by atoms with Crippen LogP contribution in [0.5, 0.6) is 11.5 Å². The van der Waals surface area contributed by atoms with Crippen LogP contribution in [0.25, 0.3) is 0 Å². The van der Waals surface area contributed by atoms with Gasteiger partial charge in [-0.15, -0.1) is 0 Å². The van der Waals surface area contributed by atoms with Crippen LogP contribution in [-0.2, 0) is 26.0 Å². The standard InChI is InChI=1S/C30H42N2O2.C4F9O.Co/c1-19-13-21(27(33)23(15-19)29(3,4)5)17-31-25-11-9-10-12-26(25)32-18-22-14-20(2)16-24(28(22)34)30(6,7)8;5-1(2(6,7)8,3(9,10)11)4(12,13)14;/h13-18,25-26,33-34H,9-12H2,1-8H3;;/q;-1;+2/t25-,26-;;/m1../s1. The Morgan fingerprint density at radius 3 is 1.22 bits per heavy atom. The van der Waals surface area contributed by atoms with E-state index in [9.17, 15) is 54.8 Å². The van der Waals surface area contributed by atoms with Gasteiger partial charge in [0.2, 0.25) is 6.11 Å². The van der Waals surface area contributed by atoms with E-state index in [1.54, 1.807) is 0 Å². The molecular weight excluding hydrogens is 714 g/mol. The molecule has 0 unspecified atom stereocenters. The zero-order valence-electron chi connectivity index (χ0n) is 28.4. The predicted octanol–water partition coefficient (Wildman–Crippen LogP) is 7.88. The number of phenols is 2.